The topological polar surface area (TPSA) is 96.0 Å². The summed E-state index contributed by atoms with van der Waals surface area (Å²) in [6.07, 6.45) is 4.54. The van der Waals surface area contributed by atoms with E-state index in [-0.39, 0.29) is 11.7 Å². The van der Waals surface area contributed by atoms with Crippen molar-refractivity contribution < 1.29 is 9.59 Å². The van der Waals surface area contributed by atoms with E-state index in [1.54, 1.807) is 0 Å². The number of benzene rings is 2. The Labute approximate surface area is 202 Å². The van der Waals surface area contributed by atoms with Gasteiger partial charge >= 0.3 is 0 Å². The first-order chi connectivity index (χ1) is 16.6. The maximum atomic E-state index is 12.2. The Morgan fingerprint density at radius 2 is 1.85 bits per heavy atom. The highest BCUT2D eigenvalue weighted by molar-refractivity contribution is 7.98. The number of hydrogen-bond donors (Lipinski definition) is 3. The smallest absolute Gasteiger partial charge is 0.247 e. The summed E-state index contributed by atoms with van der Waals surface area (Å²) in [5, 5.41) is 9.54. The molecule has 8 heteroatoms. The summed E-state index contributed by atoms with van der Waals surface area (Å²) in [6, 6.07) is 13.3. The average molecular weight is 472 g/mol. The first-order valence-corrected chi connectivity index (χ1v) is 12.5. The number of Topliss-reactive ketones (excluding diaryl/α,β-unsaturated/α-hetero) is 1. The molecule has 5 rings (SSSR count). The Hall–Kier alpha value is -3.65. The van der Waals surface area contributed by atoms with Gasteiger partial charge in [-0.2, -0.15) is 16.7 Å². The first kappa shape index (κ1) is 22.2. The molecule has 0 radical (unpaired) electrons. The highest BCUT2D eigenvalue weighted by Crippen LogP contribution is 2.33. The van der Waals surface area contributed by atoms with Crippen LogP contribution in [0.4, 0.5) is 28.8 Å². The molecule has 2 aliphatic rings. The number of fused-ring (bicyclic) bond motifs is 2. The van der Waals surface area contributed by atoms with E-state index in [1.807, 2.05) is 54.2 Å². The van der Waals surface area contributed by atoms with Gasteiger partial charge in [0.25, 0.3) is 0 Å². The third-order valence-corrected chi connectivity index (χ3v) is 6.90. The average Bonchev–Trinajstić information content (AvgIpc) is 2.84. The van der Waals surface area contributed by atoms with Crippen molar-refractivity contribution in [1.29, 1.82) is 0 Å². The number of aryl methyl sites for hydroxylation is 2. The molecule has 172 valence electrons. The van der Waals surface area contributed by atoms with E-state index in [0.29, 0.717) is 18.1 Å². The molecule has 0 atom stereocenters. The van der Waals surface area contributed by atoms with Crippen molar-refractivity contribution in [2.24, 2.45) is 0 Å². The van der Waals surface area contributed by atoms with E-state index in [0.717, 1.165) is 70.3 Å². The summed E-state index contributed by atoms with van der Waals surface area (Å²) in [5.41, 5.74) is 6.39. The molecule has 0 fully saturated rings. The van der Waals surface area contributed by atoms with Crippen LogP contribution in [-0.2, 0) is 23.4 Å². The number of ketones is 1. The Balaban J connectivity index is 1.43. The van der Waals surface area contributed by atoms with Crippen LogP contribution in [-0.4, -0.2) is 27.4 Å². The zero-order valence-electron chi connectivity index (χ0n) is 18.7. The normalized spacial score (nSPS) is 14.5. The summed E-state index contributed by atoms with van der Waals surface area (Å²) in [5.74, 6) is 3.09. The number of nitrogens with zero attached hydrogens (tertiary/aromatic N) is 2. The third-order valence-electron chi connectivity index (χ3n) is 5.91. The molecule has 0 saturated carbocycles. The lowest BCUT2D eigenvalue weighted by atomic mass is 9.90. The van der Waals surface area contributed by atoms with E-state index in [9.17, 15) is 9.59 Å². The number of nitrogens with one attached hydrogen (secondary N) is 3. The second kappa shape index (κ2) is 9.69. The predicted octanol–water partition coefficient (Wildman–Crippen LogP) is 5.40. The number of anilines is 5. The van der Waals surface area contributed by atoms with Crippen LogP contribution >= 0.6 is 11.8 Å². The molecular weight excluding hydrogens is 446 g/mol. The summed E-state index contributed by atoms with van der Waals surface area (Å²) in [6.45, 7) is 3.50. The zero-order chi connectivity index (χ0) is 23.5. The summed E-state index contributed by atoms with van der Waals surface area (Å²) >= 11 is 1.86. The number of thioether (sulfide) groups is 1. The number of hydrogen-bond acceptors (Lipinski definition) is 7. The molecule has 0 spiro atoms. The molecule has 0 bridgehead atoms. The standard InChI is InChI=1S/C26H25N5O2S/c1-2-24(33)27-17-6-4-7-18(14-17)28-25-21-15-34-12-11-22(21)30-26(31-25)29-19-9-10-20-16(13-19)5-3-8-23(20)32/h2,4,6-7,9-10,13-14H,1,3,5,8,11-12,15H2,(H,27,33)(H2,28,29,30,31). The maximum absolute atomic E-state index is 12.2. The molecule has 34 heavy (non-hydrogen) atoms. The van der Waals surface area contributed by atoms with Crippen LogP contribution in [0.5, 0.6) is 0 Å². The van der Waals surface area contributed by atoms with Gasteiger partial charge in [-0.15, -0.1) is 0 Å². The molecule has 2 aromatic carbocycles. The lowest BCUT2D eigenvalue weighted by Crippen LogP contribution is -2.14. The van der Waals surface area contributed by atoms with Gasteiger partial charge in [0.2, 0.25) is 11.9 Å². The number of amides is 1. The number of aromatic nitrogens is 2. The molecule has 1 aliphatic carbocycles. The minimum atomic E-state index is -0.258. The highest BCUT2D eigenvalue weighted by atomic mass is 32.2. The molecule has 3 N–H and O–H groups in total. The molecule has 0 unspecified atom stereocenters. The van der Waals surface area contributed by atoms with Gasteiger partial charge in [0.05, 0.1) is 5.69 Å². The van der Waals surface area contributed by atoms with Gasteiger partial charge in [0, 0.05) is 40.4 Å². The predicted molar refractivity (Wildman–Crippen MR) is 137 cm³/mol. The van der Waals surface area contributed by atoms with Crippen LogP contribution in [0.25, 0.3) is 0 Å². The van der Waals surface area contributed by atoms with Crippen LogP contribution in [0.2, 0.25) is 0 Å². The molecule has 1 amide bonds. The van der Waals surface area contributed by atoms with Gasteiger partial charge < -0.3 is 16.0 Å². The second-order valence-corrected chi connectivity index (χ2v) is 9.40. The van der Waals surface area contributed by atoms with Crippen molar-refractivity contribution in [3.05, 3.63) is 77.5 Å². The summed E-state index contributed by atoms with van der Waals surface area (Å²) < 4.78 is 0. The molecule has 1 aliphatic heterocycles. The molecule has 0 saturated heterocycles. The van der Waals surface area contributed by atoms with Crippen LogP contribution in [0.1, 0.15) is 40.0 Å². The maximum Gasteiger partial charge on any atom is 0.247 e. The quantitative estimate of drug-likeness (QED) is 0.415. The molecule has 7 nitrogen and oxygen atoms in total. The summed E-state index contributed by atoms with van der Waals surface area (Å²) in [7, 11) is 0. The van der Waals surface area contributed by atoms with Crippen LogP contribution in [0.15, 0.2) is 55.1 Å². The van der Waals surface area contributed by atoms with Crippen molar-refractivity contribution in [2.45, 2.75) is 31.4 Å². The van der Waals surface area contributed by atoms with Crippen LogP contribution in [0, 0.1) is 0 Å². The molecule has 3 aromatic rings. The van der Waals surface area contributed by atoms with E-state index in [4.69, 9.17) is 9.97 Å². The van der Waals surface area contributed by atoms with Crippen LogP contribution in [0.3, 0.4) is 0 Å². The van der Waals surface area contributed by atoms with Gasteiger partial charge in [-0.25, -0.2) is 4.98 Å². The van der Waals surface area contributed by atoms with Crippen molar-refractivity contribution >= 4 is 52.3 Å². The Morgan fingerprint density at radius 1 is 1.00 bits per heavy atom. The fourth-order valence-corrected chi connectivity index (χ4v) is 5.24. The number of carbonyl (C=O) groups is 2. The van der Waals surface area contributed by atoms with Crippen LogP contribution < -0.4 is 16.0 Å². The van der Waals surface area contributed by atoms with Gasteiger partial charge in [-0.05, 0) is 73.1 Å². The van der Waals surface area contributed by atoms with Crippen molar-refractivity contribution in [3.8, 4) is 0 Å². The summed E-state index contributed by atoms with van der Waals surface area (Å²) in [4.78, 5) is 33.4. The van der Waals surface area contributed by atoms with E-state index >= 15 is 0 Å². The Morgan fingerprint density at radius 3 is 2.74 bits per heavy atom. The van der Waals surface area contributed by atoms with E-state index in [2.05, 4.69) is 22.5 Å². The van der Waals surface area contributed by atoms with Crippen molar-refractivity contribution in [2.75, 3.05) is 21.7 Å². The number of rotatable bonds is 6. The fraction of sp³-hybridized carbons (Fsp3) is 0.231. The van der Waals surface area contributed by atoms with E-state index in [1.165, 1.54) is 6.08 Å². The monoisotopic (exact) mass is 471 g/mol. The first-order valence-electron chi connectivity index (χ1n) is 11.3. The SMILES string of the molecule is C=CC(=O)Nc1cccc(Nc2nc(Nc3ccc4c(c3)CCCC4=O)nc3c2CSCC3)c1. The Kier molecular flexibility index (Phi) is 6.31. The largest absolute Gasteiger partial charge is 0.340 e. The second-order valence-electron chi connectivity index (χ2n) is 8.30. The third kappa shape index (κ3) is 4.82. The highest BCUT2D eigenvalue weighted by Gasteiger charge is 2.20. The van der Waals surface area contributed by atoms with Gasteiger partial charge in [-0.3, -0.25) is 9.59 Å². The van der Waals surface area contributed by atoms with Gasteiger partial charge in [-0.1, -0.05) is 12.6 Å². The minimum absolute atomic E-state index is 0.216. The molecule has 2 heterocycles. The number of carbonyl (C=O) groups excluding carboxylic acids is 2. The lowest BCUT2D eigenvalue weighted by Gasteiger charge is -2.21. The fourth-order valence-electron chi connectivity index (χ4n) is 4.25. The Bertz CT molecular complexity index is 1290. The molecule has 1 aromatic heterocycles. The van der Waals surface area contributed by atoms with Crippen molar-refractivity contribution in [3.63, 3.8) is 0 Å². The van der Waals surface area contributed by atoms with Gasteiger partial charge in [0.15, 0.2) is 5.78 Å². The van der Waals surface area contributed by atoms with Gasteiger partial charge in [0.1, 0.15) is 5.82 Å². The van der Waals surface area contributed by atoms with Crippen molar-refractivity contribution in [1.82, 2.24) is 9.97 Å². The zero-order valence-corrected chi connectivity index (χ0v) is 19.5. The van der Waals surface area contributed by atoms with E-state index < -0.39 is 0 Å². The molecular formula is C26H25N5O2S. The minimum Gasteiger partial charge on any atom is -0.340 e. The lowest BCUT2D eigenvalue weighted by molar-refractivity contribution is -0.111.